The number of fused-ring (bicyclic) bond motifs is 1. The summed E-state index contributed by atoms with van der Waals surface area (Å²) in [5.74, 6) is 0.455. The Balaban J connectivity index is 2.23. The summed E-state index contributed by atoms with van der Waals surface area (Å²) >= 11 is 5.81. The van der Waals surface area contributed by atoms with Crippen LogP contribution in [-0.2, 0) is 12.8 Å². The highest BCUT2D eigenvalue weighted by Gasteiger charge is 2.25. The molecule has 0 bridgehead atoms. The fraction of sp³-hybridized carbons (Fsp3) is 0.250. The second-order valence-electron chi connectivity index (χ2n) is 4.47. The zero-order valence-electron chi connectivity index (χ0n) is 9.97. The van der Waals surface area contributed by atoms with E-state index in [0.717, 1.165) is 30.5 Å². The molecule has 6 nitrogen and oxygen atoms in total. The van der Waals surface area contributed by atoms with E-state index in [1.807, 2.05) is 0 Å². The molecule has 0 saturated carbocycles. The molecule has 1 aromatic carbocycles. The molecule has 2 N–H and O–H groups in total. The van der Waals surface area contributed by atoms with Gasteiger partial charge in [0.05, 0.1) is 4.92 Å². The van der Waals surface area contributed by atoms with E-state index in [4.69, 9.17) is 17.3 Å². The first-order valence-electron chi connectivity index (χ1n) is 5.88. The van der Waals surface area contributed by atoms with Gasteiger partial charge in [-0.05, 0) is 31.4 Å². The van der Waals surface area contributed by atoms with Gasteiger partial charge in [-0.25, -0.2) is 4.68 Å². The van der Waals surface area contributed by atoms with Crippen LogP contribution in [0.3, 0.4) is 0 Å². The number of rotatable bonds is 2. The summed E-state index contributed by atoms with van der Waals surface area (Å²) in [6.45, 7) is 0. The highest BCUT2D eigenvalue weighted by molar-refractivity contribution is 6.30. The predicted octanol–water partition coefficient (Wildman–Crippen LogP) is 2.50. The minimum atomic E-state index is -0.458. The van der Waals surface area contributed by atoms with E-state index in [1.165, 1.54) is 6.07 Å². The van der Waals surface area contributed by atoms with Crippen LogP contribution in [0.15, 0.2) is 18.2 Å². The van der Waals surface area contributed by atoms with Gasteiger partial charge in [0.15, 0.2) is 0 Å². The Hall–Kier alpha value is -2.08. The van der Waals surface area contributed by atoms with Crippen LogP contribution in [0.2, 0.25) is 5.02 Å². The topological polar surface area (TPSA) is 87.0 Å². The number of nitro benzene ring substituents is 1. The van der Waals surface area contributed by atoms with Crippen molar-refractivity contribution in [2.45, 2.75) is 19.3 Å². The minimum absolute atomic E-state index is 0.0651. The van der Waals surface area contributed by atoms with Gasteiger partial charge in [-0.1, -0.05) is 11.6 Å². The highest BCUT2D eigenvalue weighted by atomic mass is 35.5. The van der Waals surface area contributed by atoms with E-state index in [9.17, 15) is 10.1 Å². The molecular weight excluding hydrogens is 268 g/mol. The maximum Gasteiger partial charge on any atom is 0.296 e. The standard InChI is InChI=1S/C12H11ClN4O2/c13-7-4-5-10(11(6-7)17(18)19)16-9-3-1-2-8(9)12(14)15-16/h4-6H,1-3H2,(H2,14,15). The van der Waals surface area contributed by atoms with E-state index < -0.39 is 4.92 Å². The third-order valence-electron chi connectivity index (χ3n) is 3.32. The third-order valence-corrected chi connectivity index (χ3v) is 3.56. The van der Waals surface area contributed by atoms with Gasteiger partial charge in [0.2, 0.25) is 0 Å². The Kier molecular flexibility index (Phi) is 2.67. The molecule has 3 rings (SSSR count). The first-order chi connectivity index (χ1) is 9.08. The van der Waals surface area contributed by atoms with E-state index >= 15 is 0 Å². The average Bonchev–Trinajstić information content (AvgIpc) is 2.94. The first-order valence-corrected chi connectivity index (χ1v) is 6.26. The molecule has 1 heterocycles. The molecule has 0 saturated heterocycles. The Bertz CT molecular complexity index is 681. The quantitative estimate of drug-likeness (QED) is 0.675. The molecule has 2 aromatic rings. The van der Waals surface area contributed by atoms with Crippen molar-refractivity contribution in [2.24, 2.45) is 0 Å². The molecule has 0 radical (unpaired) electrons. The van der Waals surface area contributed by atoms with Gasteiger partial charge in [0.25, 0.3) is 5.69 Å². The van der Waals surface area contributed by atoms with Crippen molar-refractivity contribution in [3.63, 3.8) is 0 Å². The van der Waals surface area contributed by atoms with Crippen molar-refractivity contribution in [1.82, 2.24) is 9.78 Å². The molecule has 0 atom stereocenters. The van der Waals surface area contributed by atoms with Crippen LogP contribution in [0.5, 0.6) is 0 Å². The van der Waals surface area contributed by atoms with Crippen LogP contribution < -0.4 is 5.73 Å². The van der Waals surface area contributed by atoms with Crippen molar-refractivity contribution >= 4 is 23.1 Å². The molecule has 1 aliphatic rings. The van der Waals surface area contributed by atoms with Gasteiger partial charge in [0, 0.05) is 22.3 Å². The number of benzene rings is 1. The number of aromatic nitrogens is 2. The van der Waals surface area contributed by atoms with Crippen molar-refractivity contribution in [2.75, 3.05) is 5.73 Å². The molecule has 0 spiro atoms. The molecular formula is C12H11ClN4O2. The normalized spacial score (nSPS) is 13.5. The summed E-state index contributed by atoms with van der Waals surface area (Å²) in [4.78, 5) is 10.7. The lowest BCUT2D eigenvalue weighted by atomic mass is 10.2. The number of nitro groups is 1. The van der Waals surface area contributed by atoms with Crippen LogP contribution >= 0.6 is 11.6 Å². The summed E-state index contributed by atoms with van der Waals surface area (Å²) in [5.41, 5.74) is 8.16. The smallest absolute Gasteiger partial charge is 0.296 e. The molecule has 7 heteroatoms. The summed E-state index contributed by atoms with van der Waals surface area (Å²) in [6, 6.07) is 4.55. The van der Waals surface area contributed by atoms with Gasteiger partial charge in [0.1, 0.15) is 11.5 Å². The fourth-order valence-electron chi connectivity index (χ4n) is 2.49. The number of halogens is 1. The van der Waals surface area contributed by atoms with E-state index in [1.54, 1.807) is 16.8 Å². The molecule has 19 heavy (non-hydrogen) atoms. The number of hydrogen-bond donors (Lipinski definition) is 1. The number of hydrogen-bond acceptors (Lipinski definition) is 4. The molecule has 0 unspecified atom stereocenters. The maximum absolute atomic E-state index is 11.1. The van der Waals surface area contributed by atoms with Crippen molar-refractivity contribution in [3.8, 4) is 5.69 Å². The Morgan fingerprint density at radius 1 is 1.42 bits per heavy atom. The molecule has 0 aliphatic heterocycles. The van der Waals surface area contributed by atoms with Crippen LogP contribution in [0, 0.1) is 10.1 Å². The second kappa shape index (κ2) is 4.24. The summed E-state index contributed by atoms with van der Waals surface area (Å²) in [5, 5.41) is 15.7. The van der Waals surface area contributed by atoms with Gasteiger partial charge < -0.3 is 5.73 Å². The Labute approximate surface area is 113 Å². The van der Waals surface area contributed by atoms with Crippen molar-refractivity contribution in [3.05, 3.63) is 44.6 Å². The SMILES string of the molecule is Nc1nn(-c2ccc(Cl)cc2[N+](=O)[O-])c2c1CCC2. The first kappa shape index (κ1) is 12.0. The summed E-state index contributed by atoms with van der Waals surface area (Å²) < 4.78 is 1.58. The van der Waals surface area contributed by atoms with Crippen LogP contribution in [0.4, 0.5) is 11.5 Å². The largest absolute Gasteiger partial charge is 0.382 e. The van der Waals surface area contributed by atoms with Crippen molar-refractivity contribution in [1.29, 1.82) is 0 Å². The minimum Gasteiger partial charge on any atom is -0.382 e. The number of nitrogens with zero attached hydrogens (tertiary/aromatic N) is 3. The molecule has 1 aliphatic carbocycles. The lowest BCUT2D eigenvalue weighted by molar-refractivity contribution is -0.384. The van der Waals surface area contributed by atoms with Gasteiger partial charge in [-0.3, -0.25) is 10.1 Å². The zero-order valence-corrected chi connectivity index (χ0v) is 10.7. The Morgan fingerprint density at radius 2 is 2.21 bits per heavy atom. The fourth-order valence-corrected chi connectivity index (χ4v) is 2.65. The molecule has 0 fully saturated rings. The molecule has 1 aromatic heterocycles. The number of anilines is 1. The predicted molar refractivity (Wildman–Crippen MR) is 71.7 cm³/mol. The Morgan fingerprint density at radius 3 is 2.95 bits per heavy atom. The summed E-state index contributed by atoms with van der Waals surface area (Å²) in [6.07, 6.45) is 2.71. The van der Waals surface area contributed by atoms with Crippen LogP contribution in [-0.4, -0.2) is 14.7 Å². The monoisotopic (exact) mass is 278 g/mol. The maximum atomic E-state index is 11.1. The van der Waals surface area contributed by atoms with E-state index in [-0.39, 0.29) is 5.69 Å². The van der Waals surface area contributed by atoms with Gasteiger partial charge in [-0.2, -0.15) is 0 Å². The van der Waals surface area contributed by atoms with Crippen LogP contribution in [0.25, 0.3) is 5.69 Å². The third kappa shape index (κ3) is 1.84. The lowest BCUT2D eigenvalue weighted by Crippen LogP contribution is -2.05. The molecule has 98 valence electrons. The highest BCUT2D eigenvalue weighted by Crippen LogP contribution is 2.33. The second-order valence-corrected chi connectivity index (χ2v) is 4.90. The van der Waals surface area contributed by atoms with Crippen LogP contribution in [0.1, 0.15) is 17.7 Å². The number of nitrogen functional groups attached to an aromatic ring is 1. The lowest BCUT2D eigenvalue weighted by Gasteiger charge is -2.06. The van der Waals surface area contributed by atoms with E-state index in [0.29, 0.717) is 16.5 Å². The van der Waals surface area contributed by atoms with Crippen molar-refractivity contribution < 1.29 is 4.92 Å². The van der Waals surface area contributed by atoms with E-state index in [2.05, 4.69) is 5.10 Å². The van der Waals surface area contributed by atoms with Gasteiger partial charge in [-0.15, -0.1) is 5.10 Å². The average molecular weight is 279 g/mol. The molecule has 0 amide bonds. The van der Waals surface area contributed by atoms with Gasteiger partial charge >= 0.3 is 0 Å². The summed E-state index contributed by atoms with van der Waals surface area (Å²) in [7, 11) is 0. The zero-order chi connectivity index (χ0) is 13.6. The number of nitrogens with two attached hydrogens (primary N) is 1.